The molecule has 5 heteroatoms. The lowest BCUT2D eigenvalue weighted by Gasteiger charge is -2.39. The maximum Gasteiger partial charge on any atom is 0.500 e. The fourth-order valence-electron chi connectivity index (χ4n) is 1.62. The van der Waals surface area contributed by atoms with Crippen LogP contribution in [0.3, 0.4) is 0 Å². The topological polar surface area (TPSA) is 27.7 Å². The Labute approximate surface area is 90.3 Å². The average molecular weight is 232 g/mol. The van der Waals surface area contributed by atoms with Gasteiger partial charge in [-0.3, -0.25) is 0 Å². The number of rotatable bonds is 7. The van der Waals surface area contributed by atoms with Crippen molar-refractivity contribution in [2.45, 2.75) is 38.4 Å². The first-order valence-corrected chi connectivity index (χ1v) is 8.53. The molecule has 1 heterocycles. The van der Waals surface area contributed by atoms with E-state index in [1.165, 1.54) is 12.5 Å². The van der Waals surface area contributed by atoms with E-state index in [-0.39, 0.29) is 0 Å². The van der Waals surface area contributed by atoms with E-state index in [9.17, 15) is 0 Å². The molecule has 82 valence electrons. The third-order valence-electron chi connectivity index (χ3n) is 2.29. The molecule has 1 atom stereocenters. The van der Waals surface area contributed by atoms with Crippen LogP contribution in [0.1, 0.15) is 27.2 Å². The summed E-state index contributed by atoms with van der Waals surface area (Å²) in [5, 5.41) is 0.586. The zero-order chi connectivity index (χ0) is 10.4. The second-order valence-electron chi connectivity index (χ2n) is 3.20. The van der Waals surface area contributed by atoms with E-state index in [1.54, 1.807) is 0 Å². The van der Waals surface area contributed by atoms with Crippen molar-refractivity contribution >= 4 is 18.3 Å². The lowest BCUT2D eigenvalue weighted by atomic mass is 10.5. The lowest BCUT2D eigenvalue weighted by Crippen LogP contribution is -2.54. The van der Waals surface area contributed by atoms with Crippen LogP contribution in [-0.4, -0.2) is 38.1 Å². The molecule has 14 heavy (non-hydrogen) atoms. The highest BCUT2D eigenvalue weighted by Crippen LogP contribution is 2.37. The van der Waals surface area contributed by atoms with Gasteiger partial charge in [0.05, 0.1) is 0 Å². The summed E-state index contributed by atoms with van der Waals surface area (Å²) in [7, 11) is -1.32. The molecule has 0 N–H and O–H groups in total. The summed E-state index contributed by atoms with van der Waals surface area (Å²) >= 11 is 0. The molecule has 1 aliphatic heterocycles. The number of hydrogen-bond donors (Lipinski definition) is 0. The maximum absolute atomic E-state index is 5.82. The van der Waals surface area contributed by atoms with Crippen molar-refractivity contribution in [3.63, 3.8) is 0 Å². The molecule has 2 radical (unpaired) electrons. The molecule has 0 aromatic rings. The zero-order valence-electron chi connectivity index (χ0n) is 9.34. The average Bonchev–Trinajstić information content (AvgIpc) is 2.02. The first-order valence-electron chi connectivity index (χ1n) is 5.44. The summed E-state index contributed by atoms with van der Waals surface area (Å²) in [6.07, 6.45) is 1.23. The van der Waals surface area contributed by atoms with E-state index in [4.69, 9.17) is 13.3 Å². The first kappa shape index (κ1) is 12.4. The van der Waals surface area contributed by atoms with Gasteiger partial charge in [0, 0.05) is 34.5 Å². The molecule has 1 unspecified atom stereocenters. The fourth-order valence-corrected chi connectivity index (χ4v) is 7.23. The molecular formula is C9H20O3Si2. The minimum absolute atomic E-state index is 0.586. The zero-order valence-corrected chi connectivity index (χ0v) is 11.3. The first-order chi connectivity index (χ1) is 6.79. The van der Waals surface area contributed by atoms with Crippen LogP contribution < -0.4 is 0 Å². The van der Waals surface area contributed by atoms with Gasteiger partial charge in [-0.1, -0.05) is 12.5 Å². The van der Waals surface area contributed by atoms with E-state index in [0.29, 0.717) is 25.0 Å². The fraction of sp³-hybridized carbons (Fsp3) is 1.00. The predicted octanol–water partition coefficient (Wildman–Crippen LogP) is 1.89. The summed E-state index contributed by atoms with van der Waals surface area (Å²) in [5.41, 5.74) is 0. The molecule has 3 nitrogen and oxygen atoms in total. The van der Waals surface area contributed by atoms with Crippen LogP contribution in [0, 0.1) is 0 Å². The normalized spacial score (nSPS) is 22.1. The molecule has 1 fully saturated rings. The summed E-state index contributed by atoms with van der Waals surface area (Å²) in [6.45, 7) is 8.15. The second-order valence-corrected chi connectivity index (χ2v) is 8.15. The van der Waals surface area contributed by atoms with Crippen molar-refractivity contribution in [3.8, 4) is 0 Å². The Balaban J connectivity index is 2.60. The summed E-state index contributed by atoms with van der Waals surface area (Å²) in [6, 6.07) is 1.33. The lowest BCUT2D eigenvalue weighted by molar-refractivity contribution is 0.0658. The van der Waals surface area contributed by atoms with Crippen LogP contribution in [0.15, 0.2) is 0 Å². The molecule has 1 saturated heterocycles. The Morgan fingerprint density at radius 2 is 1.50 bits per heavy atom. The molecule has 1 rings (SSSR count). The van der Waals surface area contributed by atoms with E-state index in [2.05, 4.69) is 0 Å². The van der Waals surface area contributed by atoms with E-state index in [1.807, 2.05) is 20.8 Å². The molecule has 1 aliphatic rings. The SMILES string of the molecule is CCO[Si](OCC)(OCC)C1CC[Si]1. The Kier molecular flexibility index (Phi) is 5.32. The van der Waals surface area contributed by atoms with Crippen LogP contribution in [0.5, 0.6) is 0 Å². The van der Waals surface area contributed by atoms with Crippen molar-refractivity contribution in [1.29, 1.82) is 0 Å². The monoisotopic (exact) mass is 232 g/mol. The van der Waals surface area contributed by atoms with Gasteiger partial charge in [0.2, 0.25) is 0 Å². The molecule has 0 bridgehead atoms. The predicted molar refractivity (Wildman–Crippen MR) is 59.6 cm³/mol. The van der Waals surface area contributed by atoms with Crippen molar-refractivity contribution in [2.75, 3.05) is 19.8 Å². The molecule has 0 aromatic carbocycles. The smallest absolute Gasteiger partial charge is 0.374 e. The maximum atomic E-state index is 5.82. The van der Waals surface area contributed by atoms with Crippen molar-refractivity contribution < 1.29 is 13.3 Å². The highest BCUT2D eigenvalue weighted by Gasteiger charge is 2.51. The van der Waals surface area contributed by atoms with Gasteiger partial charge in [-0.2, -0.15) is 0 Å². The number of hydrogen-bond acceptors (Lipinski definition) is 3. The van der Waals surface area contributed by atoms with Gasteiger partial charge < -0.3 is 13.3 Å². The minimum Gasteiger partial charge on any atom is -0.374 e. The summed E-state index contributed by atoms with van der Waals surface area (Å²) in [4.78, 5) is 0. The Bertz CT molecular complexity index is 145. The van der Waals surface area contributed by atoms with Crippen molar-refractivity contribution in [3.05, 3.63) is 0 Å². The molecule has 0 aromatic heterocycles. The van der Waals surface area contributed by atoms with Crippen LogP contribution in [0.25, 0.3) is 0 Å². The third kappa shape index (κ3) is 2.67. The van der Waals surface area contributed by atoms with Crippen LogP contribution in [-0.2, 0) is 13.3 Å². The Morgan fingerprint density at radius 3 is 1.71 bits per heavy atom. The molecule has 0 aliphatic carbocycles. The van der Waals surface area contributed by atoms with Gasteiger partial charge in [-0.05, 0) is 20.8 Å². The van der Waals surface area contributed by atoms with Crippen LogP contribution in [0.4, 0.5) is 0 Å². The van der Waals surface area contributed by atoms with Gasteiger partial charge in [-0.25, -0.2) is 0 Å². The van der Waals surface area contributed by atoms with E-state index >= 15 is 0 Å². The Hall–Kier alpha value is 0.314. The highest BCUT2D eigenvalue weighted by atomic mass is 28.4. The molecular weight excluding hydrogens is 212 g/mol. The third-order valence-corrected chi connectivity index (χ3v) is 8.53. The largest absolute Gasteiger partial charge is 0.500 e. The van der Waals surface area contributed by atoms with Gasteiger partial charge in [0.15, 0.2) is 0 Å². The standard InChI is InChI=1S/C9H20O3Si2/c1-4-10-14(11-5-2,12-6-3)9-7-8-13-9/h9H,4-8H2,1-3H3. The Morgan fingerprint density at radius 1 is 1.07 bits per heavy atom. The van der Waals surface area contributed by atoms with Crippen molar-refractivity contribution in [2.24, 2.45) is 0 Å². The minimum atomic E-state index is -2.30. The molecule has 0 saturated carbocycles. The van der Waals surface area contributed by atoms with Gasteiger partial charge in [0.25, 0.3) is 0 Å². The van der Waals surface area contributed by atoms with E-state index < -0.39 is 8.80 Å². The summed E-state index contributed by atoms with van der Waals surface area (Å²) < 4.78 is 17.4. The van der Waals surface area contributed by atoms with Gasteiger partial charge in [-0.15, -0.1) is 0 Å². The summed E-state index contributed by atoms with van der Waals surface area (Å²) in [5.74, 6) is 0. The highest BCUT2D eigenvalue weighted by molar-refractivity contribution is 6.75. The van der Waals surface area contributed by atoms with Gasteiger partial charge >= 0.3 is 8.80 Å². The van der Waals surface area contributed by atoms with Crippen LogP contribution in [0.2, 0.25) is 11.2 Å². The van der Waals surface area contributed by atoms with Gasteiger partial charge in [0.1, 0.15) is 0 Å². The van der Waals surface area contributed by atoms with Crippen molar-refractivity contribution in [1.82, 2.24) is 0 Å². The molecule has 0 spiro atoms. The van der Waals surface area contributed by atoms with Crippen LogP contribution >= 0.6 is 0 Å². The van der Waals surface area contributed by atoms with E-state index in [0.717, 1.165) is 9.52 Å². The quantitative estimate of drug-likeness (QED) is 0.627. The molecule has 0 amide bonds. The second kappa shape index (κ2) is 6.02.